The van der Waals surface area contributed by atoms with Gasteiger partial charge in [-0.1, -0.05) is 291 Å². The Morgan fingerprint density at radius 1 is 0.337 bits per heavy atom. The number of aliphatic hydroxyl groups excluding tert-OH is 1. The number of ether oxygens (including phenoxy) is 4. The van der Waals surface area contributed by atoms with Crippen molar-refractivity contribution in [2.24, 2.45) is 17.8 Å². The SMILES string of the molecule is CCCCCC/C=C\C=C/CCCCCCCC(=O)O[C@H](COC(=O)CCCCCCCCC(C)C)COP(=O)(O)OC[C@H](O)COP(=O)(O)OC[C@@H](COC(=O)CCCCCCCCCCCCCCCCC(C)C)OC(=O)CCCCCCCCCCC(C)C. The van der Waals surface area contributed by atoms with Crippen LogP contribution in [-0.2, 0) is 65.4 Å². The minimum Gasteiger partial charge on any atom is -0.462 e. The first-order chi connectivity index (χ1) is 44.2. The van der Waals surface area contributed by atoms with E-state index in [9.17, 15) is 43.2 Å². The molecule has 0 aromatic rings. The molecule has 0 saturated heterocycles. The van der Waals surface area contributed by atoms with E-state index in [0.717, 1.165) is 115 Å². The van der Waals surface area contributed by atoms with E-state index in [2.05, 4.69) is 72.8 Å². The summed E-state index contributed by atoms with van der Waals surface area (Å²) in [4.78, 5) is 72.6. The summed E-state index contributed by atoms with van der Waals surface area (Å²) in [5.74, 6) is 0.0337. The normalized spacial score (nSPS) is 14.3. The highest BCUT2D eigenvalue weighted by atomic mass is 31.2. The van der Waals surface area contributed by atoms with Gasteiger partial charge in [-0.3, -0.25) is 37.3 Å². The van der Waals surface area contributed by atoms with Gasteiger partial charge >= 0.3 is 39.5 Å². The number of allylic oxidation sites excluding steroid dienone is 4. The van der Waals surface area contributed by atoms with Gasteiger partial charge in [0, 0.05) is 25.7 Å². The lowest BCUT2D eigenvalue weighted by Crippen LogP contribution is -2.30. The van der Waals surface area contributed by atoms with E-state index >= 15 is 0 Å². The Balaban J connectivity index is 5.24. The van der Waals surface area contributed by atoms with Crippen LogP contribution in [0.3, 0.4) is 0 Å². The zero-order valence-electron chi connectivity index (χ0n) is 59.5. The average molecular weight is 1350 g/mol. The van der Waals surface area contributed by atoms with Crippen LogP contribution in [0.1, 0.15) is 344 Å². The molecule has 0 aliphatic rings. The Morgan fingerprint density at radius 3 is 0.880 bits per heavy atom. The summed E-state index contributed by atoms with van der Waals surface area (Å²) in [6, 6.07) is 0. The van der Waals surface area contributed by atoms with Gasteiger partial charge in [-0.05, 0) is 69.1 Å². The van der Waals surface area contributed by atoms with Gasteiger partial charge in [-0.2, -0.15) is 0 Å². The van der Waals surface area contributed by atoms with Gasteiger partial charge in [0.1, 0.15) is 19.3 Å². The Labute approximate surface area is 561 Å². The second-order valence-electron chi connectivity index (χ2n) is 27.1. The first kappa shape index (κ1) is 89.5. The minimum atomic E-state index is -4.96. The fourth-order valence-corrected chi connectivity index (χ4v) is 12.1. The van der Waals surface area contributed by atoms with E-state index in [-0.39, 0.29) is 25.7 Å². The summed E-state index contributed by atoms with van der Waals surface area (Å²) >= 11 is 0. The number of rotatable bonds is 69. The van der Waals surface area contributed by atoms with Crippen LogP contribution in [0.5, 0.6) is 0 Å². The molecule has 0 radical (unpaired) electrons. The second-order valence-corrected chi connectivity index (χ2v) is 30.0. The van der Waals surface area contributed by atoms with Crippen molar-refractivity contribution >= 4 is 39.5 Å². The molecule has 0 amide bonds. The lowest BCUT2D eigenvalue weighted by Gasteiger charge is -2.21. The summed E-state index contributed by atoms with van der Waals surface area (Å²) in [5, 5.41) is 10.6. The molecule has 5 atom stereocenters. The van der Waals surface area contributed by atoms with Gasteiger partial charge in [0.05, 0.1) is 26.4 Å². The van der Waals surface area contributed by atoms with Gasteiger partial charge in [-0.15, -0.1) is 0 Å². The monoisotopic (exact) mass is 1350 g/mol. The van der Waals surface area contributed by atoms with Gasteiger partial charge in [0.15, 0.2) is 12.2 Å². The molecule has 0 spiro atoms. The summed E-state index contributed by atoms with van der Waals surface area (Å²) in [5.41, 5.74) is 0. The van der Waals surface area contributed by atoms with E-state index in [1.807, 2.05) is 0 Å². The number of esters is 4. The number of hydrogen-bond donors (Lipinski definition) is 3. The van der Waals surface area contributed by atoms with Crippen molar-refractivity contribution in [2.75, 3.05) is 39.6 Å². The fourth-order valence-electron chi connectivity index (χ4n) is 10.5. The van der Waals surface area contributed by atoms with Crippen LogP contribution >= 0.6 is 15.6 Å². The molecule has 0 aromatic heterocycles. The lowest BCUT2D eigenvalue weighted by molar-refractivity contribution is -0.161. The number of hydrogen-bond acceptors (Lipinski definition) is 15. The van der Waals surface area contributed by atoms with Crippen molar-refractivity contribution in [3.63, 3.8) is 0 Å². The molecule has 0 saturated carbocycles. The quantitative estimate of drug-likeness (QED) is 0.0169. The molecule has 0 rings (SSSR count). The van der Waals surface area contributed by atoms with E-state index in [4.69, 9.17) is 37.0 Å². The summed E-state index contributed by atoms with van der Waals surface area (Å²) in [7, 11) is -9.92. The van der Waals surface area contributed by atoms with Crippen LogP contribution in [0.25, 0.3) is 0 Å². The van der Waals surface area contributed by atoms with Crippen molar-refractivity contribution in [2.45, 2.75) is 362 Å². The molecular formula is C73H138O17P2. The summed E-state index contributed by atoms with van der Waals surface area (Å²) in [6.07, 6.45) is 51.0. The first-order valence-electron chi connectivity index (χ1n) is 37.2. The predicted molar refractivity (Wildman–Crippen MR) is 372 cm³/mol. The molecule has 0 fully saturated rings. The third kappa shape index (κ3) is 66.2. The zero-order chi connectivity index (χ0) is 68.0. The van der Waals surface area contributed by atoms with E-state index in [1.165, 1.54) is 135 Å². The zero-order valence-corrected chi connectivity index (χ0v) is 61.3. The minimum absolute atomic E-state index is 0.0835. The number of phosphoric acid groups is 2. The van der Waals surface area contributed by atoms with Crippen molar-refractivity contribution in [1.29, 1.82) is 0 Å². The highest BCUT2D eigenvalue weighted by molar-refractivity contribution is 7.47. The van der Waals surface area contributed by atoms with Gasteiger partial charge in [0.2, 0.25) is 0 Å². The molecule has 92 heavy (non-hydrogen) atoms. The smallest absolute Gasteiger partial charge is 0.462 e. The van der Waals surface area contributed by atoms with Crippen LogP contribution in [0.15, 0.2) is 24.3 Å². The number of carbonyl (C=O) groups is 4. The summed E-state index contributed by atoms with van der Waals surface area (Å²) in [6.45, 7) is 11.7. The molecular weight excluding hydrogens is 1210 g/mol. The number of unbranched alkanes of at least 4 members (excludes halogenated alkanes) is 34. The van der Waals surface area contributed by atoms with Gasteiger partial charge in [0.25, 0.3) is 0 Å². The van der Waals surface area contributed by atoms with Gasteiger partial charge in [-0.25, -0.2) is 9.13 Å². The fraction of sp³-hybridized carbons (Fsp3) is 0.890. The summed E-state index contributed by atoms with van der Waals surface area (Å²) < 4.78 is 68.3. The Morgan fingerprint density at radius 2 is 0.587 bits per heavy atom. The third-order valence-electron chi connectivity index (χ3n) is 16.3. The molecule has 17 nitrogen and oxygen atoms in total. The number of aliphatic hydroxyl groups is 1. The molecule has 2 unspecified atom stereocenters. The molecule has 542 valence electrons. The number of phosphoric ester groups is 2. The van der Waals surface area contributed by atoms with E-state index < -0.39 is 97.5 Å². The predicted octanol–water partition coefficient (Wildman–Crippen LogP) is 20.6. The third-order valence-corrected chi connectivity index (χ3v) is 18.2. The average Bonchev–Trinajstić information content (AvgIpc) is 3.55. The second kappa shape index (κ2) is 63.3. The largest absolute Gasteiger partial charge is 0.472 e. The maximum atomic E-state index is 13.0. The van der Waals surface area contributed by atoms with Crippen molar-refractivity contribution in [3.8, 4) is 0 Å². The number of carbonyl (C=O) groups excluding carboxylic acids is 4. The highest BCUT2D eigenvalue weighted by Crippen LogP contribution is 2.45. The Hall–Kier alpha value is -2.46. The molecule has 0 aliphatic carbocycles. The van der Waals surface area contributed by atoms with E-state index in [1.54, 1.807) is 0 Å². The Bertz CT molecular complexity index is 1890. The molecule has 3 N–H and O–H groups in total. The molecule has 0 aromatic carbocycles. The highest BCUT2D eigenvalue weighted by Gasteiger charge is 2.30. The standard InChI is InChI=1S/C73H138O17P2/c1-8-9-10-11-12-13-14-15-16-21-24-27-33-42-49-56-72(77)89-69(61-84-71(76)55-48-41-36-35-39-46-53-66(6)7)63-88-92(81,82)86-59-67(74)58-85-91(79,80)87-62-68(90-73(78)57-50-43-34-29-28-31-38-45-52-65(4)5)60-83-70(75)54-47-40-32-26-23-20-18-17-19-22-25-30-37-44-51-64(2)3/h13-16,64-69,74H,8-12,17-63H2,1-7H3,(H,79,80)(H,81,82)/b14-13-,16-15-/t67-,68-,69-/m1/s1. The molecule has 0 heterocycles. The van der Waals surface area contributed by atoms with Crippen molar-refractivity contribution in [3.05, 3.63) is 24.3 Å². The van der Waals surface area contributed by atoms with Crippen molar-refractivity contribution < 1.29 is 80.2 Å². The topological polar surface area (TPSA) is 237 Å². The molecule has 0 aliphatic heterocycles. The molecule has 19 heteroatoms. The molecule has 0 bridgehead atoms. The maximum Gasteiger partial charge on any atom is 0.472 e. The maximum absolute atomic E-state index is 13.0. The van der Waals surface area contributed by atoms with Crippen LogP contribution in [0.4, 0.5) is 0 Å². The lowest BCUT2D eigenvalue weighted by atomic mass is 10.0. The first-order valence-corrected chi connectivity index (χ1v) is 40.2. The van der Waals surface area contributed by atoms with Crippen LogP contribution in [0, 0.1) is 17.8 Å². The van der Waals surface area contributed by atoms with Gasteiger partial charge < -0.3 is 33.8 Å². The van der Waals surface area contributed by atoms with Crippen LogP contribution in [0.2, 0.25) is 0 Å². The van der Waals surface area contributed by atoms with Crippen molar-refractivity contribution in [1.82, 2.24) is 0 Å². The van der Waals surface area contributed by atoms with Crippen LogP contribution < -0.4 is 0 Å². The van der Waals surface area contributed by atoms with E-state index in [0.29, 0.717) is 37.5 Å². The van der Waals surface area contributed by atoms with Crippen LogP contribution in [-0.4, -0.2) is 96.7 Å². The Kier molecular flexibility index (Phi) is 61.6.